The van der Waals surface area contributed by atoms with E-state index in [0.29, 0.717) is 0 Å². The Hall–Kier alpha value is 0.0687. The number of unbranched alkanes of at least 4 members (excludes halogenated alkanes) is 3. The number of rotatable bonds is 11. The maximum atomic E-state index is 12.2. The van der Waals surface area contributed by atoms with Crippen LogP contribution in [-0.2, 0) is 4.74 Å². The van der Waals surface area contributed by atoms with Crippen molar-refractivity contribution in [3.8, 4) is 0 Å². The molecule has 0 aliphatic heterocycles. The SMILES string of the molecule is CCC[CH2][Sn]([CH2]CCC)([CH2]CCC)[N](CC)C(=O)OC. The number of methoxy groups -OCH3 is 1. The van der Waals surface area contributed by atoms with E-state index in [9.17, 15) is 4.79 Å². The number of ether oxygens (including phenoxy) is 1. The van der Waals surface area contributed by atoms with Crippen LogP contribution in [0.15, 0.2) is 0 Å². The standard InChI is InChI=1S/C4H9NO2.3C4H9.Sn/c1-3-5-4(6)7-2;3*1-3-4-2;/h3H2,1-2H3,(H,5,6);3*1,3-4H2,2H3;/q;;;;+1/p-1. The first kappa shape index (κ1) is 20.1. The fourth-order valence-corrected chi connectivity index (χ4v) is 19.5. The molecule has 0 fully saturated rings. The van der Waals surface area contributed by atoms with Crippen LogP contribution in [-0.4, -0.2) is 41.5 Å². The first-order chi connectivity index (χ1) is 9.61. The maximum absolute atomic E-state index is 12.2. The van der Waals surface area contributed by atoms with Gasteiger partial charge in [0, 0.05) is 0 Å². The number of hydrogen-bond acceptors (Lipinski definition) is 2. The Labute approximate surface area is 130 Å². The molecule has 3 nitrogen and oxygen atoms in total. The molecule has 0 aromatic heterocycles. The van der Waals surface area contributed by atoms with Crippen LogP contribution in [0.1, 0.15) is 66.2 Å². The van der Waals surface area contributed by atoms with Crippen molar-refractivity contribution >= 4 is 24.7 Å². The zero-order chi connectivity index (χ0) is 15.4. The summed E-state index contributed by atoms with van der Waals surface area (Å²) in [4.78, 5) is 12.2. The average Bonchev–Trinajstić information content (AvgIpc) is 2.48. The quantitative estimate of drug-likeness (QED) is 0.440. The molecule has 0 heterocycles. The van der Waals surface area contributed by atoms with Crippen molar-refractivity contribution in [1.29, 1.82) is 0 Å². The summed E-state index contributed by atoms with van der Waals surface area (Å²) in [6, 6.07) is 0. The molecule has 0 saturated carbocycles. The van der Waals surface area contributed by atoms with Gasteiger partial charge in [-0.2, -0.15) is 0 Å². The number of carbonyl (C=O) groups is 1. The van der Waals surface area contributed by atoms with Gasteiger partial charge < -0.3 is 0 Å². The van der Waals surface area contributed by atoms with Crippen LogP contribution in [0.3, 0.4) is 0 Å². The van der Waals surface area contributed by atoms with E-state index in [1.807, 2.05) is 0 Å². The summed E-state index contributed by atoms with van der Waals surface area (Å²) in [6.07, 6.45) is 7.46. The molecule has 0 radical (unpaired) electrons. The Bertz CT molecular complexity index is 237. The van der Waals surface area contributed by atoms with Gasteiger partial charge in [-0.15, -0.1) is 0 Å². The van der Waals surface area contributed by atoms with Gasteiger partial charge in [-0.05, 0) is 0 Å². The molecule has 0 unspecified atom stereocenters. The predicted molar refractivity (Wildman–Crippen MR) is 89.7 cm³/mol. The van der Waals surface area contributed by atoms with E-state index < -0.39 is 18.7 Å². The number of amides is 1. The van der Waals surface area contributed by atoms with Crippen molar-refractivity contribution in [3.05, 3.63) is 0 Å². The average molecular weight is 392 g/mol. The van der Waals surface area contributed by atoms with Gasteiger partial charge in [-0.1, -0.05) is 0 Å². The monoisotopic (exact) mass is 393 g/mol. The van der Waals surface area contributed by atoms with Gasteiger partial charge in [0.05, 0.1) is 0 Å². The normalized spacial score (nSPS) is 11.4. The van der Waals surface area contributed by atoms with Crippen molar-refractivity contribution in [2.45, 2.75) is 79.5 Å². The Morgan fingerprint density at radius 1 is 0.900 bits per heavy atom. The summed E-state index contributed by atoms with van der Waals surface area (Å²) >= 11 is -2.59. The van der Waals surface area contributed by atoms with E-state index in [2.05, 4.69) is 30.8 Å². The molecule has 120 valence electrons. The number of hydrogen-bond donors (Lipinski definition) is 0. The first-order valence-electron chi connectivity index (χ1n) is 8.47. The molecule has 4 heteroatoms. The molecule has 0 spiro atoms. The molecule has 0 bridgehead atoms. The Balaban J connectivity index is 5.21. The molecular formula is C16H35NO2Sn. The third-order valence-electron chi connectivity index (χ3n) is 4.27. The van der Waals surface area contributed by atoms with E-state index in [1.165, 1.54) is 58.9 Å². The summed E-state index contributed by atoms with van der Waals surface area (Å²) in [7, 11) is 1.53. The van der Waals surface area contributed by atoms with Gasteiger partial charge in [0.15, 0.2) is 0 Å². The predicted octanol–water partition coefficient (Wildman–Crippen LogP) is 5.42. The molecule has 1 amide bonds. The molecule has 0 aromatic carbocycles. The van der Waals surface area contributed by atoms with Crippen molar-refractivity contribution in [2.24, 2.45) is 0 Å². The molecule has 20 heavy (non-hydrogen) atoms. The minimum absolute atomic E-state index is 0.0633. The fraction of sp³-hybridized carbons (Fsp3) is 0.938. The molecule has 0 aromatic rings. The van der Waals surface area contributed by atoms with Gasteiger partial charge in [-0.3, -0.25) is 0 Å². The minimum atomic E-state index is -2.59. The molecule has 0 rings (SSSR count). The Morgan fingerprint density at radius 3 is 1.55 bits per heavy atom. The van der Waals surface area contributed by atoms with Crippen LogP contribution < -0.4 is 0 Å². The van der Waals surface area contributed by atoms with Crippen LogP contribution in [0.4, 0.5) is 4.79 Å². The van der Waals surface area contributed by atoms with E-state index in [4.69, 9.17) is 4.74 Å². The summed E-state index contributed by atoms with van der Waals surface area (Å²) in [6.45, 7) is 9.71. The fourth-order valence-electron chi connectivity index (χ4n) is 3.07. The van der Waals surface area contributed by atoms with Gasteiger partial charge in [-0.25, -0.2) is 0 Å². The van der Waals surface area contributed by atoms with Gasteiger partial charge in [0.2, 0.25) is 0 Å². The molecule has 0 atom stereocenters. The zero-order valence-corrected chi connectivity index (χ0v) is 17.2. The van der Waals surface area contributed by atoms with Gasteiger partial charge >= 0.3 is 131 Å². The summed E-state index contributed by atoms with van der Waals surface area (Å²) in [5.41, 5.74) is 0. The third-order valence-corrected chi connectivity index (χ3v) is 20.0. The summed E-state index contributed by atoms with van der Waals surface area (Å²) < 4.78 is 11.2. The van der Waals surface area contributed by atoms with E-state index >= 15 is 0 Å². The van der Waals surface area contributed by atoms with Crippen molar-refractivity contribution in [3.63, 3.8) is 0 Å². The van der Waals surface area contributed by atoms with E-state index in [1.54, 1.807) is 0 Å². The topological polar surface area (TPSA) is 29.5 Å². The first-order valence-corrected chi connectivity index (χ1v) is 15.8. The van der Waals surface area contributed by atoms with E-state index in [-0.39, 0.29) is 6.09 Å². The van der Waals surface area contributed by atoms with Crippen molar-refractivity contribution in [2.75, 3.05) is 13.7 Å². The molecule has 0 saturated heterocycles. The molecule has 0 N–H and O–H groups in total. The van der Waals surface area contributed by atoms with Crippen molar-refractivity contribution < 1.29 is 9.53 Å². The molecule has 0 aliphatic rings. The number of carbonyl (C=O) groups excluding carboxylic acids is 1. The van der Waals surface area contributed by atoms with Gasteiger partial charge in [0.1, 0.15) is 0 Å². The zero-order valence-electron chi connectivity index (χ0n) is 14.3. The van der Waals surface area contributed by atoms with Crippen LogP contribution in [0.5, 0.6) is 0 Å². The summed E-state index contributed by atoms with van der Waals surface area (Å²) in [5.74, 6) is 0. The van der Waals surface area contributed by atoms with Crippen LogP contribution in [0.25, 0.3) is 0 Å². The second-order valence-corrected chi connectivity index (χ2v) is 18.6. The van der Waals surface area contributed by atoms with E-state index in [0.717, 1.165) is 6.54 Å². The van der Waals surface area contributed by atoms with Gasteiger partial charge in [0.25, 0.3) is 0 Å². The Morgan fingerprint density at radius 2 is 1.30 bits per heavy atom. The summed E-state index contributed by atoms with van der Waals surface area (Å²) in [5, 5.41) is 0. The third kappa shape index (κ3) is 6.23. The Kier molecular flexibility index (Phi) is 11.7. The molecular weight excluding hydrogens is 357 g/mol. The van der Waals surface area contributed by atoms with Crippen LogP contribution in [0.2, 0.25) is 13.3 Å². The number of nitrogens with zero attached hydrogens (tertiary/aromatic N) is 1. The second-order valence-electron chi connectivity index (χ2n) is 5.75. The van der Waals surface area contributed by atoms with Crippen LogP contribution >= 0.6 is 0 Å². The second kappa shape index (κ2) is 11.7. The van der Waals surface area contributed by atoms with Crippen molar-refractivity contribution in [1.82, 2.24) is 3.12 Å². The van der Waals surface area contributed by atoms with Crippen LogP contribution in [0, 0.1) is 0 Å². The molecule has 0 aliphatic carbocycles.